The third-order valence-electron chi connectivity index (χ3n) is 18.5. The number of carbonyl (C=O) groups excluding carboxylic acids is 1. The van der Waals surface area contributed by atoms with Crippen molar-refractivity contribution in [2.45, 2.75) is 118 Å². The lowest BCUT2D eigenvalue weighted by Gasteiger charge is -2.50. The molecule has 2 aromatic heterocycles. The number of aliphatic carboxylic acids is 3. The second kappa shape index (κ2) is 28.2. The van der Waals surface area contributed by atoms with Gasteiger partial charge in [-0.15, -0.1) is 0 Å². The SMILES string of the molecule is CCOC(=O)Nc1ccc(NCc2ccc(F)cc2)cc1N.CN(C)C1(c2ccccc2)CCC2(CC1)OCCc1c2[nH]c2ccc(F)cc12.CN(C)C1(c2ccccc2)CCC2(CC1)OCCc1c2[nH]c2ccc(F)cc12.O=C(O)CC(O)(CC(=O)O)C(=O)O. The van der Waals surface area contributed by atoms with Gasteiger partial charge in [-0.25, -0.2) is 22.8 Å². The molecule has 0 saturated heterocycles. The Morgan fingerprint density at radius 3 is 1.44 bits per heavy atom. The predicted molar refractivity (Wildman–Crippen MR) is 342 cm³/mol. The van der Waals surface area contributed by atoms with Crippen molar-refractivity contribution in [2.75, 3.05) is 64.4 Å². The number of nitrogens with two attached hydrogens (primary N) is 1. The number of nitrogens with one attached hydrogen (secondary N) is 4. The maximum atomic E-state index is 13.8. The summed E-state index contributed by atoms with van der Waals surface area (Å²) in [6, 6.07) is 43.2. The van der Waals surface area contributed by atoms with E-state index in [9.17, 15) is 32.3 Å². The Balaban J connectivity index is 0.000000149. The first-order chi connectivity index (χ1) is 43.4. The van der Waals surface area contributed by atoms with E-state index in [1.54, 1.807) is 49.4 Å². The molecule has 1 amide bonds. The normalized spacial score (nSPS) is 20.9. The van der Waals surface area contributed by atoms with Gasteiger partial charge in [0.05, 0.1) is 55.4 Å². The molecule has 6 aromatic carbocycles. The van der Waals surface area contributed by atoms with Crippen molar-refractivity contribution in [3.63, 3.8) is 0 Å². The molecule has 4 heterocycles. The summed E-state index contributed by atoms with van der Waals surface area (Å²) in [5.74, 6) is -5.62. The lowest BCUT2D eigenvalue weighted by atomic mass is 9.68. The van der Waals surface area contributed by atoms with Gasteiger partial charge in [-0.2, -0.15) is 0 Å². The van der Waals surface area contributed by atoms with Gasteiger partial charge in [-0.05, 0) is 194 Å². The number of carboxylic acid groups (broad SMARTS) is 3. The lowest BCUT2D eigenvalue weighted by Crippen LogP contribution is -2.50. The highest BCUT2D eigenvalue weighted by Gasteiger charge is 2.51. The fourth-order valence-corrected chi connectivity index (χ4v) is 13.6. The van der Waals surface area contributed by atoms with Crippen LogP contribution in [-0.4, -0.2) is 118 Å². The highest BCUT2D eigenvalue weighted by Crippen LogP contribution is 2.54. The molecule has 0 atom stereocenters. The van der Waals surface area contributed by atoms with Crippen LogP contribution in [0.5, 0.6) is 0 Å². The van der Waals surface area contributed by atoms with Gasteiger partial charge in [-0.3, -0.25) is 24.7 Å². The fraction of sp³-hybridized carbons (Fsp3) is 0.371. The quantitative estimate of drug-likeness (QED) is 0.0458. The number of benzene rings is 6. The zero-order chi connectivity index (χ0) is 65.3. The summed E-state index contributed by atoms with van der Waals surface area (Å²) >= 11 is 0. The van der Waals surface area contributed by atoms with E-state index in [0.717, 1.165) is 97.3 Å². The van der Waals surface area contributed by atoms with Crippen LogP contribution in [0, 0.1) is 17.5 Å². The van der Waals surface area contributed by atoms with Crippen LogP contribution >= 0.6 is 0 Å². The Bertz CT molecular complexity index is 3660. The fourth-order valence-electron chi connectivity index (χ4n) is 13.6. The molecule has 2 aliphatic heterocycles. The van der Waals surface area contributed by atoms with Crippen LogP contribution in [0.3, 0.4) is 0 Å². The van der Waals surface area contributed by atoms with Crippen molar-refractivity contribution in [1.29, 1.82) is 0 Å². The summed E-state index contributed by atoms with van der Waals surface area (Å²) < 4.78 is 58.2. The Morgan fingerprint density at radius 2 is 1.04 bits per heavy atom. The topological polar surface area (TPSA) is 265 Å². The van der Waals surface area contributed by atoms with Crippen LogP contribution in [-0.2, 0) is 70.3 Å². The monoisotopic (exact) mass is 1250 g/mol. The maximum absolute atomic E-state index is 13.8. The molecular formula is C70H80F3N7O11. The number of H-pyrrole nitrogens is 2. The van der Waals surface area contributed by atoms with Gasteiger partial charge < -0.3 is 55.7 Å². The van der Waals surface area contributed by atoms with E-state index in [-0.39, 0.29) is 39.7 Å². The molecule has 18 nitrogen and oxygen atoms in total. The zero-order valence-electron chi connectivity index (χ0n) is 51.8. The first-order valence-electron chi connectivity index (χ1n) is 30.5. The Hall–Kier alpha value is -8.73. The van der Waals surface area contributed by atoms with Crippen LogP contribution in [0.25, 0.3) is 21.8 Å². The van der Waals surface area contributed by atoms with Crippen molar-refractivity contribution in [3.05, 3.63) is 196 Å². The number of rotatable bonds is 14. The second-order valence-corrected chi connectivity index (χ2v) is 24.2. The molecule has 10 N–H and O–H groups in total. The van der Waals surface area contributed by atoms with Gasteiger partial charge in [0.1, 0.15) is 28.7 Å². The summed E-state index contributed by atoms with van der Waals surface area (Å²) in [5, 5.41) is 41.6. The van der Waals surface area contributed by atoms with Crippen LogP contribution < -0.4 is 16.4 Å². The molecule has 12 rings (SSSR count). The molecule has 2 aliphatic carbocycles. The molecule has 0 unspecified atom stereocenters. The number of carbonyl (C=O) groups is 4. The molecule has 2 fully saturated rings. The predicted octanol–water partition coefficient (Wildman–Crippen LogP) is 12.6. The molecular weight excluding hydrogens is 1170 g/mol. The van der Waals surface area contributed by atoms with Gasteiger partial charge in [-0.1, -0.05) is 72.8 Å². The number of hydrogen-bond acceptors (Lipinski definition) is 12. The van der Waals surface area contributed by atoms with Gasteiger partial charge in [0.15, 0.2) is 5.60 Å². The molecule has 0 radical (unpaired) electrons. The van der Waals surface area contributed by atoms with Crippen molar-refractivity contribution >= 4 is 62.9 Å². The van der Waals surface area contributed by atoms with E-state index in [1.807, 2.05) is 12.1 Å². The van der Waals surface area contributed by atoms with Crippen molar-refractivity contribution in [3.8, 4) is 0 Å². The molecule has 0 bridgehead atoms. The van der Waals surface area contributed by atoms with E-state index in [2.05, 4.69) is 119 Å². The highest BCUT2D eigenvalue weighted by atomic mass is 19.1. The summed E-state index contributed by atoms with van der Waals surface area (Å²) in [6.45, 7) is 3.98. The number of aliphatic hydroxyl groups is 1. The number of ether oxygens (including phenoxy) is 3. The maximum Gasteiger partial charge on any atom is 0.411 e. The van der Waals surface area contributed by atoms with E-state index in [1.165, 1.54) is 57.9 Å². The number of carboxylic acids is 3. The zero-order valence-corrected chi connectivity index (χ0v) is 51.8. The van der Waals surface area contributed by atoms with Crippen LogP contribution in [0.15, 0.2) is 140 Å². The van der Waals surface area contributed by atoms with Crippen LogP contribution in [0.4, 0.5) is 35.0 Å². The largest absolute Gasteiger partial charge is 0.481 e. The minimum atomic E-state index is -2.74. The van der Waals surface area contributed by atoms with Crippen LogP contribution in [0.2, 0.25) is 0 Å². The third kappa shape index (κ3) is 14.7. The number of aromatic nitrogens is 2. The van der Waals surface area contributed by atoms with E-state index in [0.29, 0.717) is 37.7 Å². The minimum Gasteiger partial charge on any atom is -0.481 e. The standard InChI is InChI=1S/2C24H27FN2O.C16H18FN3O2.C6H8O7/c2*1-27(2)23(17-6-4-3-5-7-17)11-13-24(14-12-23)22-19(10-15-28-24)20-16-18(25)8-9-21(20)26-22;1-2-22-16(21)20-15-8-7-13(9-14(15)18)19-10-11-3-5-12(17)6-4-11;7-3(8)1-6(13,5(11)12)2-4(9)10/h2*3-9,16,26H,10-15H2,1-2H3;3-9,19H,2,10,18H2,1H3,(H,20,21);13H,1-2H2,(H,7,8)(H,9,10)(H,11,12). The number of anilines is 3. The highest BCUT2D eigenvalue weighted by molar-refractivity contribution is 5.90. The summed E-state index contributed by atoms with van der Waals surface area (Å²) in [7, 11) is 8.74. The minimum absolute atomic E-state index is 0.0333. The number of amides is 1. The molecule has 8 aromatic rings. The molecule has 2 saturated carbocycles. The molecule has 482 valence electrons. The van der Waals surface area contributed by atoms with E-state index >= 15 is 0 Å². The van der Waals surface area contributed by atoms with Gasteiger partial charge in [0.2, 0.25) is 0 Å². The first kappa shape index (κ1) is 66.7. The summed E-state index contributed by atoms with van der Waals surface area (Å²) in [6.07, 6.45) is 6.84. The molecule has 21 heteroatoms. The van der Waals surface area contributed by atoms with Gasteiger partial charge in [0, 0.05) is 45.1 Å². The Labute approximate surface area is 526 Å². The number of hydrogen-bond donors (Lipinski definition) is 9. The summed E-state index contributed by atoms with van der Waals surface area (Å²) in [5.41, 5.74) is 15.0. The van der Waals surface area contributed by atoms with Crippen molar-refractivity contribution in [2.24, 2.45) is 0 Å². The molecule has 4 aliphatic rings. The molecule has 91 heavy (non-hydrogen) atoms. The second-order valence-electron chi connectivity index (χ2n) is 24.2. The third-order valence-corrected chi connectivity index (χ3v) is 18.5. The van der Waals surface area contributed by atoms with Gasteiger partial charge in [0.25, 0.3) is 0 Å². The van der Waals surface area contributed by atoms with E-state index < -0.39 is 42.4 Å². The number of halogens is 3. The number of nitrogen functional groups attached to an aromatic ring is 1. The van der Waals surface area contributed by atoms with Crippen LogP contribution in [0.1, 0.15) is 110 Å². The lowest BCUT2D eigenvalue weighted by molar-refractivity contribution is -0.170. The van der Waals surface area contributed by atoms with Crippen molar-refractivity contribution in [1.82, 2.24) is 19.8 Å². The van der Waals surface area contributed by atoms with E-state index in [4.69, 9.17) is 40.4 Å². The van der Waals surface area contributed by atoms with Crippen molar-refractivity contribution < 1.29 is 67.0 Å². The number of fused-ring (bicyclic) bond motifs is 8. The number of aromatic amines is 2. The smallest absolute Gasteiger partial charge is 0.411 e. The summed E-state index contributed by atoms with van der Waals surface area (Å²) in [4.78, 5) is 53.8. The molecule has 2 spiro atoms. The average molecular weight is 1250 g/mol. The average Bonchev–Trinajstić information content (AvgIpc) is 1.64. The van der Waals surface area contributed by atoms with Gasteiger partial charge >= 0.3 is 24.0 Å². The Morgan fingerprint density at radius 1 is 0.604 bits per heavy atom. The number of nitrogens with zero attached hydrogens (tertiary/aromatic N) is 2. The Kier molecular flexibility index (Phi) is 20.7. The first-order valence-corrected chi connectivity index (χ1v) is 30.5.